The topological polar surface area (TPSA) is 77.1 Å². The Labute approximate surface area is 221 Å². The zero-order chi connectivity index (χ0) is 25.6. The molecule has 1 N–H and O–H groups in total. The third-order valence-corrected chi connectivity index (χ3v) is 7.72. The normalized spacial score (nSPS) is 16.0. The molecule has 2 aliphatic rings. The second-order valence-electron chi connectivity index (χ2n) is 9.37. The fourth-order valence-electron chi connectivity index (χ4n) is 5.02. The van der Waals surface area contributed by atoms with E-state index in [4.69, 9.17) is 14.2 Å². The summed E-state index contributed by atoms with van der Waals surface area (Å²) in [6, 6.07) is 15.9. The molecule has 0 bridgehead atoms. The number of hydrogen-bond donors (Lipinski definition) is 1. The van der Waals surface area contributed by atoms with Crippen LogP contribution in [0.4, 0.5) is 5.69 Å². The van der Waals surface area contributed by atoms with Gasteiger partial charge in [-0.15, -0.1) is 11.3 Å². The first-order valence-corrected chi connectivity index (χ1v) is 13.7. The standard InChI is InChI=1S/C29H32N2O5S/c1-34-23-10-5-7-20(17-23)28(29(33)30-21-8-3-2-4-9-21)31(27(32)19-24-11-6-16-37-24)22-12-13-25-26(18-22)36-15-14-35-25/h5-7,10-13,16-18,21,28H,2-4,8-9,14-15,19H2,1H3,(H,30,33)/t28-/m0/s1. The molecule has 1 aliphatic carbocycles. The number of carbonyl (C=O) groups excluding carboxylic acids is 2. The van der Waals surface area contributed by atoms with Crippen LogP contribution in [-0.4, -0.2) is 38.2 Å². The van der Waals surface area contributed by atoms with Gasteiger partial charge in [-0.25, -0.2) is 0 Å². The summed E-state index contributed by atoms with van der Waals surface area (Å²) in [6.07, 6.45) is 5.46. The Kier molecular flexibility index (Phi) is 7.94. The van der Waals surface area contributed by atoms with Crippen molar-refractivity contribution in [2.45, 2.75) is 50.6 Å². The van der Waals surface area contributed by atoms with Crippen LogP contribution in [-0.2, 0) is 16.0 Å². The van der Waals surface area contributed by atoms with Crippen LogP contribution in [0, 0.1) is 0 Å². The number of anilines is 1. The lowest BCUT2D eigenvalue weighted by Crippen LogP contribution is -2.47. The zero-order valence-electron chi connectivity index (χ0n) is 21.0. The largest absolute Gasteiger partial charge is 0.497 e. The van der Waals surface area contributed by atoms with Crippen LogP contribution in [0.15, 0.2) is 60.0 Å². The molecule has 2 heterocycles. The van der Waals surface area contributed by atoms with E-state index in [1.54, 1.807) is 24.1 Å². The van der Waals surface area contributed by atoms with E-state index in [0.717, 1.165) is 30.6 Å². The Balaban J connectivity index is 1.57. The molecule has 194 valence electrons. The van der Waals surface area contributed by atoms with Gasteiger partial charge in [-0.05, 0) is 54.1 Å². The highest BCUT2D eigenvalue weighted by Gasteiger charge is 2.35. The maximum Gasteiger partial charge on any atom is 0.248 e. The minimum absolute atomic E-state index is 0.101. The summed E-state index contributed by atoms with van der Waals surface area (Å²) < 4.78 is 17.0. The average Bonchev–Trinajstić information content (AvgIpc) is 3.45. The van der Waals surface area contributed by atoms with Crippen molar-refractivity contribution in [2.24, 2.45) is 0 Å². The minimum atomic E-state index is -0.882. The zero-order valence-corrected chi connectivity index (χ0v) is 21.8. The fourth-order valence-corrected chi connectivity index (χ4v) is 5.72. The fraction of sp³-hybridized carbons (Fsp3) is 0.379. The van der Waals surface area contributed by atoms with Crippen LogP contribution in [0.1, 0.15) is 48.6 Å². The number of methoxy groups -OCH3 is 1. The Morgan fingerprint density at radius 1 is 1.03 bits per heavy atom. The van der Waals surface area contributed by atoms with Crippen LogP contribution >= 0.6 is 11.3 Å². The maximum atomic E-state index is 14.0. The molecule has 0 radical (unpaired) electrons. The lowest BCUT2D eigenvalue weighted by molar-refractivity contribution is -0.127. The van der Waals surface area contributed by atoms with Crippen LogP contribution in [0.25, 0.3) is 0 Å². The molecule has 8 heteroatoms. The molecule has 2 aromatic carbocycles. The molecule has 0 unspecified atom stereocenters. The molecule has 37 heavy (non-hydrogen) atoms. The first-order chi connectivity index (χ1) is 18.1. The molecule has 1 atom stereocenters. The first-order valence-electron chi connectivity index (χ1n) is 12.8. The van der Waals surface area contributed by atoms with E-state index in [1.807, 2.05) is 47.8 Å². The number of hydrogen-bond acceptors (Lipinski definition) is 6. The average molecular weight is 521 g/mol. The predicted octanol–water partition coefficient (Wildman–Crippen LogP) is 5.29. The molecule has 1 fully saturated rings. The third kappa shape index (κ3) is 5.91. The van der Waals surface area contributed by atoms with E-state index in [0.29, 0.717) is 41.7 Å². The van der Waals surface area contributed by atoms with Crippen molar-refractivity contribution in [3.05, 3.63) is 70.4 Å². The van der Waals surface area contributed by atoms with Gasteiger partial charge in [0.15, 0.2) is 11.5 Å². The SMILES string of the molecule is COc1cccc([C@@H](C(=O)NC2CCCCC2)N(C(=O)Cc2cccs2)c2ccc3c(c2)OCCO3)c1. The summed E-state index contributed by atoms with van der Waals surface area (Å²) in [6.45, 7) is 0.907. The van der Waals surface area contributed by atoms with Gasteiger partial charge in [0.1, 0.15) is 25.0 Å². The molecular weight excluding hydrogens is 488 g/mol. The number of thiophene rings is 1. The Hall–Kier alpha value is -3.52. The maximum absolute atomic E-state index is 14.0. The number of carbonyl (C=O) groups is 2. The van der Waals surface area contributed by atoms with E-state index in [1.165, 1.54) is 17.8 Å². The quantitative estimate of drug-likeness (QED) is 0.437. The van der Waals surface area contributed by atoms with Crippen LogP contribution in [0.5, 0.6) is 17.2 Å². The highest BCUT2D eigenvalue weighted by atomic mass is 32.1. The van der Waals surface area contributed by atoms with Gasteiger partial charge >= 0.3 is 0 Å². The lowest BCUT2D eigenvalue weighted by Gasteiger charge is -2.34. The van der Waals surface area contributed by atoms with Gasteiger partial charge in [0.2, 0.25) is 11.8 Å². The Morgan fingerprint density at radius 3 is 2.59 bits per heavy atom. The predicted molar refractivity (Wildman–Crippen MR) is 144 cm³/mol. The van der Waals surface area contributed by atoms with Gasteiger partial charge in [-0.2, -0.15) is 0 Å². The van der Waals surface area contributed by atoms with Crippen LogP contribution < -0.4 is 24.4 Å². The molecule has 0 saturated heterocycles. The number of amides is 2. The molecule has 3 aromatic rings. The van der Waals surface area contributed by atoms with Crippen molar-refractivity contribution in [1.29, 1.82) is 0 Å². The van der Waals surface area contributed by atoms with Gasteiger partial charge in [-0.1, -0.05) is 37.5 Å². The number of ether oxygens (including phenoxy) is 3. The summed E-state index contributed by atoms with van der Waals surface area (Å²) in [5.41, 5.74) is 1.26. The van der Waals surface area contributed by atoms with Gasteiger partial charge in [0, 0.05) is 22.7 Å². The first kappa shape index (κ1) is 25.1. The van der Waals surface area contributed by atoms with Gasteiger partial charge in [-0.3, -0.25) is 14.5 Å². The van der Waals surface area contributed by atoms with Gasteiger partial charge in [0.05, 0.1) is 13.5 Å². The number of nitrogens with zero attached hydrogens (tertiary/aromatic N) is 1. The van der Waals surface area contributed by atoms with E-state index in [9.17, 15) is 9.59 Å². The molecule has 1 saturated carbocycles. The molecule has 0 spiro atoms. The summed E-state index contributed by atoms with van der Waals surface area (Å²) >= 11 is 1.52. The second kappa shape index (κ2) is 11.7. The van der Waals surface area contributed by atoms with Crippen molar-refractivity contribution in [1.82, 2.24) is 5.32 Å². The minimum Gasteiger partial charge on any atom is -0.497 e. The van der Waals surface area contributed by atoms with Crippen molar-refractivity contribution in [3.8, 4) is 17.2 Å². The number of nitrogens with one attached hydrogen (secondary N) is 1. The van der Waals surface area contributed by atoms with E-state index < -0.39 is 6.04 Å². The third-order valence-electron chi connectivity index (χ3n) is 6.85. The highest BCUT2D eigenvalue weighted by Crippen LogP contribution is 2.38. The van der Waals surface area contributed by atoms with Crippen molar-refractivity contribution < 1.29 is 23.8 Å². The van der Waals surface area contributed by atoms with E-state index in [-0.39, 0.29) is 24.3 Å². The second-order valence-corrected chi connectivity index (χ2v) is 10.4. The number of benzene rings is 2. The molecule has 5 rings (SSSR count). The molecule has 7 nitrogen and oxygen atoms in total. The lowest BCUT2D eigenvalue weighted by atomic mass is 9.94. The summed E-state index contributed by atoms with van der Waals surface area (Å²) in [4.78, 5) is 30.6. The molecule has 1 aromatic heterocycles. The summed E-state index contributed by atoms with van der Waals surface area (Å²) in [5, 5.41) is 5.20. The molecule has 1 aliphatic heterocycles. The smallest absolute Gasteiger partial charge is 0.248 e. The summed E-state index contributed by atoms with van der Waals surface area (Å²) in [5.74, 6) is 1.45. The van der Waals surface area contributed by atoms with E-state index in [2.05, 4.69) is 5.32 Å². The van der Waals surface area contributed by atoms with Crippen molar-refractivity contribution in [3.63, 3.8) is 0 Å². The van der Waals surface area contributed by atoms with Gasteiger partial charge in [0.25, 0.3) is 0 Å². The summed E-state index contributed by atoms with van der Waals surface area (Å²) in [7, 11) is 1.59. The highest BCUT2D eigenvalue weighted by molar-refractivity contribution is 7.10. The van der Waals surface area contributed by atoms with Crippen LogP contribution in [0.2, 0.25) is 0 Å². The number of fused-ring (bicyclic) bond motifs is 1. The van der Waals surface area contributed by atoms with E-state index >= 15 is 0 Å². The van der Waals surface area contributed by atoms with Gasteiger partial charge < -0.3 is 19.5 Å². The monoisotopic (exact) mass is 520 g/mol. The molecular formula is C29H32N2O5S. The molecule has 2 amide bonds. The Bertz CT molecular complexity index is 1220. The van der Waals surface area contributed by atoms with Crippen LogP contribution in [0.3, 0.4) is 0 Å². The van der Waals surface area contributed by atoms with Crippen molar-refractivity contribution >= 4 is 28.8 Å². The number of rotatable bonds is 8. The Morgan fingerprint density at radius 2 is 1.84 bits per heavy atom. The van der Waals surface area contributed by atoms with Crippen molar-refractivity contribution in [2.75, 3.05) is 25.2 Å².